The summed E-state index contributed by atoms with van der Waals surface area (Å²) in [6.45, 7) is 0. The molecule has 0 bridgehead atoms. The Kier molecular flexibility index (Phi) is 4.17. The largest absolute Gasteiger partial charge is 0.481 e. The number of hydrogen-bond donors (Lipinski definition) is 2. The summed E-state index contributed by atoms with van der Waals surface area (Å²) in [5, 5.41) is 11.6. The monoisotopic (exact) mass is 277 g/mol. The smallest absolute Gasteiger partial charge is 0.305 e. The van der Waals surface area contributed by atoms with Crippen molar-refractivity contribution in [3.05, 3.63) is 41.7 Å². The minimum Gasteiger partial charge on any atom is -0.481 e. The molecule has 0 saturated heterocycles. The normalized spacial score (nSPS) is 16.6. The molecule has 1 saturated carbocycles. The van der Waals surface area contributed by atoms with Gasteiger partial charge in [-0.05, 0) is 31.4 Å². The van der Waals surface area contributed by atoms with Crippen LogP contribution in [0.15, 0.2) is 30.3 Å². The Morgan fingerprint density at radius 1 is 1.35 bits per heavy atom. The second kappa shape index (κ2) is 5.86. The molecule has 1 aromatic carbocycles. The Bertz CT molecular complexity index is 550. The van der Waals surface area contributed by atoms with Gasteiger partial charge in [-0.15, -0.1) is 0 Å². The molecule has 0 radical (unpaired) electrons. The highest BCUT2D eigenvalue weighted by Crippen LogP contribution is 2.34. The van der Waals surface area contributed by atoms with Crippen molar-refractivity contribution in [1.82, 2.24) is 5.32 Å². The van der Waals surface area contributed by atoms with Gasteiger partial charge in [-0.3, -0.25) is 9.59 Å². The van der Waals surface area contributed by atoms with Crippen LogP contribution in [0.3, 0.4) is 0 Å². The number of carbonyl (C=O) groups excluding carboxylic acids is 1. The van der Waals surface area contributed by atoms with Crippen LogP contribution < -0.4 is 5.32 Å². The Labute approximate surface area is 116 Å². The van der Waals surface area contributed by atoms with Crippen molar-refractivity contribution < 1.29 is 19.1 Å². The van der Waals surface area contributed by atoms with Crippen molar-refractivity contribution in [2.45, 2.75) is 31.2 Å². The topological polar surface area (TPSA) is 66.4 Å². The van der Waals surface area contributed by atoms with Crippen LogP contribution in [0.4, 0.5) is 4.39 Å². The summed E-state index contributed by atoms with van der Waals surface area (Å²) < 4.78 is 13.4. The van der Waals surface area contributed by atoms with Crippen LogP contribution in [-0.4, -0.2) is 22.5 Å². The quantitative estimate of drug-likeness (QED) is 0.812. The first-order valence-electron chi connectivity index (χ1n) is 6.47. The summed E-state index contributed by atoms with van der Waals surface area (Å²) in [7, 11) is 0. The summed E-state index contributed by atoms with van der Waals surface area (Å²) in [5.74, 6) is -1.72. The molecule has 1 aromatic rings. The van der Waals surface area contributed by atoms with Crippen molar-refractivity contribution in [2.75, 3.05) is 0 Å². The number of amides is 1. The molecular weight excluding hydrogens is 261 g/mol. The third-order valence-electron chi connectivity index (χ3n) is 3.51. The highest BCUT2D eigenvalue weighted by molar-refractivity contribution is 5.92. The maximum atomic E-state index is 13.4. The van der Waals surface area contributed by atoms with Crippen molar-refractivity contribution in [1.29, 1.82) is 0 Å². The van der Waals surface area contributed by atoms with Gasteiger partial charge < -0.3 is 10.4 Å². The van der Waals surface area contributed by atoms with E-state index >= 15 is 0 Å². The van der Waals surface area contributed by atoms with E-state index in [0.717, 1.165) is 6.42 Å². The summed E-state index contributed by atoms with van der Waals surface area (Å²) in [6, 6.07) is 6.13. The first kappa shape index (κ1) is 14.2. The van der Waals surface area contributed by atoms with Crippen LogP contribution in [0, 0.1) is 5.82 Å². The van der Waals surface area contributed by atoms with Crippen molar-refractivity contribution in [2.24, 2.45) is 0 Å². The van der Waals surface area contributed by atoms with E-state index in [2.05, 4.69) is 5.32 Å². The first-order valence-corrected chi connectivity index (χ1v) is 6.47. The number of nitrogens with one attached hydrogen (secondary N) is 1. The summed E-state index contributed by atoms with van der Waals surface area (Å²) in [6.07, 6.45) is 4.78. The van der Waals surface area contributed by atoms with E-state index in [1.54, 1.807) is 18.2 Å². The van der Waals surface area contributed by atoms with Gasteiger partial charge in [0.25, 0.3) is 0 Å². The van der Waals surface area contributed by atoms with Gasteiger partial charge in [0.2, 0.25) is 5.91 Å². The Balaban J connectivity index is 1.98. The van der Waals surface area contributed by atoms with Gasteiger partial charge in [0.05, 0.1) is 12.0 Å². The molecule has 5 heteroatoms. The SMILES string of the molecule is O=C(O)CC1(NC(=O)C=Cc2ccccc2F)CCC1. The molecule has 1 aliphatic rings. The first-order chi connectivity index (χ1) is 9.51. The van der Waals surface area contributed by atoms with Crippen LogP contribution in [0.5, 0.6) is 0 Å². The highest BCUT2D eigenvalue weighted by Gasteiger charge is 2.39. The number of hydrogen-bond acceptors (Lipinski definition) is 2. The molecule has 20 heavy (non-hydrogen) atoms. The van der Waals surface area contributed by atoms with Gasteiger partial charge in [0.1, 0.15) is 5.82 Å². The van der Waals surface area contributed by atoms with E-state index in [1.165, 1.54) is 18.2 Å². The molecule has 2 N–H and O–H groups in total. The number of benzene rings is 1. The van der Waals surface area contributed by atoms with Gasteiger partial charge in [-0.2, -0.15) is 0 Å². The van der Waals surface area contributed by atoms with Crippen molar-refractivity contribution >= 4 is 18.0 Å². The lowest BCUT2D eigenvalue weighted by atomic mass is 9.74. The lowest BCUT2D eigenvalue weighted by Crippen LogP contribution is -2.54. The van der Waals surface area contributed by atoms with Gasteiger partial charge in [-0.25, -0.2) is 4.39 Å². The van der Waals surface area contributed by atoms with Crippen LogP contribution in [0.2, 0.25) is 0 Å². The third-order valence-corrected chi connectivity index (χ3v) is 3.51. The van der Waals surface area contributed by atoms with Crippen molar-refractivity contribution in [3.63, 3.8) is 0 Å². The molecule has 2 rings (SSSR count). The number of carbonyl (C=O) groups is 2. The predicted molar refractivity (Wildman–Crippen MR) is 72.4 cm³/mol. The second-order valence-corrected chi connectivity index (χ2v) is 5.05. The summed E-state index contributed by atoms with van der Waals surface area (Å²) >= 11 is 0. The molecule has 1 fully saturated rings. The molecular formula is C15H16FNO3. The fraction of sp³-hybridized carbons (Fsp3) is 0.333. The zero-order chi connectivity index (χ0) is 14.6. The summed E-state index contributed by atoms with van der Waals surface area (Å²) in [4.78, 5) is 22.6. The molecule has 0 aromatic heterocycles. The van der Waals surface area contributed by atoms with Crippen LogP contribution >= 0.6 is 0 Å². The third kappa shape index (κ3) is 3.44. The van der Waals surface area contributed by atoms with E-state index in [0.29, 0.717) is 18.4 Å². The predicted octanol–water partition coefficient (Wildman–Crippen LogP) is 2.35. The van der Waals surface area contributed by atoms with E-state index in [1.807, 2.05) is 0 Å². The van der Waals surface area contributed by atoms with E-state index in [4.69, 9.17) is 5.11 Å². The standard InChI is InChI=1S/C15H16FNO3/c16-12-5-2-1-4-11(12)6-7-13(18)17-15(8-3-9-15)10-14(19)20/h1-2,4-7H,3,8-10H2,(H,17,18)(H,19,20). The zero-order valence-electron chi connectivity index (χ0n) is 10.9. The van der Waals surface area contributed by atoms with Gasteiger partial charge in [0.15, 0.2) is 0 Å². The lowest BCUT2D eigenvalue weighted by Gasteiger charge is -2.41. The Morgan fingerprint density at radius 2 is 2.05 bits per heavy atom. The fourth-order valence-corrected chi connectivity index (χ4v) is 2.32. The molecule has 4 nitrogen and oxygen atoms in total. The molecule has 1 aliphatic carbocycles. The van der Waals surface area contributed by atoms with Crippen molar-refractivity contribution in [3.8, 4) is 0 Å². The molecule has 0 spiro atoms. The number of rotatable bonds is 5. The fourth-order valence-electron chi connectivity index (χ4n) is 2.32. The van der Waals surface area contributed by atoms with E-state index < -0.39 is 23.2 Å². The minimum atomic E-state index is -0.928. The highest BCUT2D eigenvalue weighted by atomic mass is 19.1. The average molecular weight is 277 g/mol. The number of halogens is 1. The molecule has 0 atom stereocenters. The van der Waals surface area contributed by atoms with Gasteiger partial charge in [-0.1, -0.05) is 18.2 Å². The van der Waals surface area contributed by atoms with Gasteiger partial charge in [0, 0.05) is 11.6 Å². The zero-order valence-corrected chi connectivity index (χ0v) is 10.9. The van der Waals surface area contributed by atoms with Crippen LogP contribution in [0.1, 0.15) is 31.2 Å². The van der Waals surface area contributed by atoms with Crippen LogP contribution in [0.25, 0.3) is 6.08 Å². The molecule has 1 amide bonds. The van der Waals surface area contributed by atoms with E-state index in [9.17, 15) is 14.0 Å². The average Bonchev–Trinajstić information content (AvgIpc) is 2.34. The van der Waals surface area contributed by atoms with Crippen LogP contribution in [-0.2, 0) is 9.59 Å². The minimum absolute atomic E-state index is 0.0771. The maximum absolute atomic E-state index is 13.4. The van der Waals surface area contributed by atoms with Gasteiger partial charge >= 0.3 is 5.97 Å². The molecule has 0 heterocycles. The Hall–Kier alpha value is -2.17. The maximum Gasteiger partial charge on any atom is 0.305 e. The number of aliphatic carboxylic acids is 1. The molecule has 0 unspecified atom stereocenters. The number of carboxylic acid groups (broad SMARTS) is 1. The molecule has 0 aliphatic heterocycles. The lowest BCUT2D eigenvalue weighted by molar-refractivity contribution is -0.140. The second-order valence-electron chi connectivity index (χ2n) is 5.05. The Morgan fingerprint density at radius 3 is 2.60 bits per heavy atom. The van der Waals surface area contributed by atoms with E-state index in [-0.39, 0.29) is 6.42 Å². The summed E-state index contributed by atoms with van der Waals surface area (Å²) in [5.41, 5.74) is -0.314. The molecule has 106 valence electrons. The number of carboxylic acids is 1.